The lowest BCUT2D eigenvalue weighted by Gasteiger charge is -2.09. The first-order valence-corrected chi connectivity index (χ1v) is 9.34. The average molecular weight is 402 g/mol. The smallest absolute Gasteiger partial charge is 0.363 e. The first-order valence-electron chi connectivity index (χ1n) is 8.14. The van der Waals surface area contributed by atoms with Crippen LogP contribution in [0.15, 0.2) is 64.8 Å². The highest BCUT2D eigenvalue weighted by Gasteiger charge is 2.25. The van der Waals surface area contributed by atoms with Crippen molar-refractivity contribution in [2.45, 2.75) is 29.7 Å². The maximum atomic E-state index is 11.6. The van der Waals surface area contributed by atoms with Gasteiger partial charge in [0.25, 0.3) is 0 Å². The highest BCUT2D eigenvalue weighted by Crippen LogP contribution is 2.39. The fraction of sp³-hybridized carbons (Fsp3) is 0.158. The molecule has 6 nitrogen and oxygen atoms in total. The van der Waals surface area contributed by atoms with Gasteiger partial charge in [-0.2, -0.15) is 4.98 Å². The van der Waals surface area contributed by atoms with Gasteiger partial charge in [0.2, 0.25) is 0 Å². The number of ether oxygens (including phenoxy) is 1. The molecule has 0 spiro atoms. The van der Waals surface area contributed by atoms with E-state index in [0.717, 1.165) is 22.2 Å². The summed E-state index contributed by atoms with van der Waals surface area (Å²) in [5.41, 5.74) is 0.879. The molecular formula is C19H16ClN3O3S. The van der Waals surface area contributed by atoms with E-state index in [4.69, 9.17) is 16.3 Å². The molecule has 0 saturated heterocycles. The van der Waals surface area contributed by atoms with Gasteiger partial charge in [0.05, 0.1) is 4.92 Å². The SMILES string of the molecule is CC(C)c1ccc(Oc2ncnc(Sc3ccc(Cl)cc3)c2[N+](=O)[O-])cc1. The molecule has 1 heterocycles. The van der Waals surface area contributed by atoms with Gasteiger partial charge in [-0.3, -0.25) is 10.1 Å². The Morgan fingerprint density at radius 2 is 1.74 bits per heavy atom. The van der Waals surface area contributed by atoms with Crippen molar-refractivity contribution in [2.75, 3.05) is 0 Å². The van der Waals surface area contributed by atoms with Crippen LogP contribution in [0.2, 0.25) is 5.02 Å². The zero-order valence-electron chi connectivity index (χ0n) is 14.6. The second-order valence-electron chi connectivity index (χ2n) is 5.97. The average Bonchev–Trinajstić information content (AvgIpc) is 2.64. The van der Waals surface area contributed by atoms with E-state index >= 15 is 0 Å². The van der Waals surface area contributed by atoms with E-state index in [-0.39, 0.29) is 16.6 Å². The molecular weight excluding hydrogens is 386 g/mol. The van der Waals surface area contributed by atoms with E-state index in [0.29, 0.717) is 16.7 Å². The molecule has 1 aromatic heterocycles. The summed E-state index contributed by atoms with van der Waals surface area (Å²) in [4.78, 5) is 19.9. The maximum absolute atomic E-state index is 11.6. The second-order valence-corrected chi connectivity index (χ2v) is 7.47. The van der Waals surface area contributed by atoms with Crippen LogP contribution >= 0.6 is 23.4 Å². The second kappa shape index (κ2) is 8.37. The van der Waals surface area contributed by atoms with E-state index in [9.17, 15) is 10.1 Å². The Kier molecular flexibility index (Phi) is 5.93. The van der Waals surface area contributed by atoms with Gasteiger partial charge < -0.3 is 4.74 Å². The van der Waals surface area contributed by atoms with Crippen LogP contribution in [-0.2, 0) is 0 Å². The summed E-state index contributed by atoms with van der Waals surface area (Å²) in [6.07, 6.45) is 1.25. The minimum atomic E-state index is -0.532. The molecule has 0 atom stereocenters. The van der Waals surface area contributed by atoms with Crippen LogP contribution < -0.4 is 4.74 Å². The summed E-state index contributed by atoms with van der Waals surface area (Å²) in [6.45, 7) is 4.18. The fourth-order valence-corrected chi connectivity index (χ4v) is 3.28. The topological polar surface area (TPSA) is 78.2 Å². The third-order valence-corrected chi connectivity index (χ3v) is 4.98. The van der Waals surface area contributed by atoms with Crippen molar-refractivity contribution >= 4 is 29.1 Å². The van der Waals surface area contributed by atoms with Gasteiger partial charge in [-0.05, 0) is 47.9 Å². The number of aromatic nitrogens is 2. The third kappa shape index (κ3) is 4.75. The van der Waals surface area contributed by atoms with Crippen LogP contribution in [0.4, 0.5) is 5.69 Å². The molecule has 138 valence electrons. The van der Waals surface area contributed by atoms with Gasteiger partial charge in [-0.1, -0.05) is 49.3 Å². The number of nitro groups is 1. The Hall–Kier alpha value is -2.64. The van der Waals surface area contributed by atoms with Crippen molar-refractivity contribution in [3.8, 4) is 11.6 Å². The summed E-state index contributed by atoms with van der Waals surface area (Å²) in [5, 5.41) is 12.4. The molecule has 0 aliphatic carbocycles. The molecule has 0 bridgehead atoms. The lowest BCUT2D eigenvalue weighted by molar-refractivity contribution is -0.389. The van der Waals surface area contributed by atoms with Gasteiger partial charge >= 0.3 is 11.6 Å². The molecule has 27 heavy (non-hydrogen) atoms. The molecule has 0 amide bonds. The van der Waals surface area contributed by atoms with Gasteiger partial charge in [0.15, 0.2) is 5.03 Å². The minimum absolute atomic E-state index is 0.0937. The molecule has 3 aromatic rings. The Morgan fingerprint density at radius 1 is 1.07 bits per heavy atom. The van der Waals surface area contributed by atoms with Gasteiger partial charge in [-0.15, -0.1) is 0 Å². The highest BCUT2D eigenvalue weighted by atomic mass is 35.5. The molecule has 0 aliphatic rings. The number of hydrogen-bond donors (Lipinski definition) is 0. The fourth-order valence-electron chi connectivity index (χ4n) is 2.30. The van der Waals surface area contributed by atoms with E-state index in [2.05, 4.69) is 23.8 Å². The Balaban J connectivity index is 1.91. The molecule has 3 rings (SSSR count). The van der Waals surface area contributed by atoms with Crippen molar-refractivity contribution in [3.63, 3.8) is 0 Å². The van der Waals surface area contributed by atoms with Crippen LogP contribution in [0.5, 0.6) is 11.6 Å². The van der Waals surface area contributed by atoms with Crippen LogP contribution in [-0.4, -0.2) is 14.9 Å². The van der Waals surface area contributed by atoms with E-state index in [1.165, 1.54) is 6.33 Å². The molecule has 0 aliphatic heterocycles. The van der Waals surface area contributed by atoms with E-state index in [1.807, 2.05) is 12.1 Å². The van der Waals surface area contributed by atoms with Crippen molar-refractivity contribution < 1.29 is 9.66 Å². The molecule has 0 unspecified atom stereocenters. The van der Waals surface area contributed by atoms with Crippen LogP contribution in [0.25, 0.3) is 0 Å². The molecule has 0 radical (unpaired) electrons. The van der Waals surface area contributed by atoms with Crippen molar-refractivity contribution in [1.82, 2.24) is 9.97 Å². The number of nitrogens with zero attached hydrogens (tertiary/aromatic N) is 3. The van der Waals surface area contributed by atoms with Gasteiger partial charge in [0.1, 0.15) is 12.1 Å². The lowest BCUT2D eigenvalue weighted by atomic mass is 10.0. The van der Waals surface area contributed by atoms with Crippen LogP contribution in [0, 0.1) is 10.1 Å². The number of rotatable bonds is 6. The first-order chi connectivity index (χ1) is 12.9. The van der Waals surface area contributed by atoms with Gasteiger partial charge in [-0.25, -0.2) is 4.98 Å². The monoisotopic (exact) mass is 401 g/mol. The predicted octanol–water partition coefficient (Wildman–Crippen LogP) is 6.11. The zero-order chi connectivity index (χ0) is 19.4. The molecule has 0 N–H and O–H groups in total. The first kappa shape index (κ1) is 19.1. The molecule has 8 heteroatoms. The normalized spacial score (nSPS) is 10.8. The molecule has 0 fully saturated rings. The van der Waals surface area contributed by atoms with E-state index in [1.54, 1.807) is 36.4 Å². The molecule has 2 aromatic carbocycles. The predicted molar refractivity (Wildman–Crippen MR) is 105 cm³/mol. The van der Waals surface area contributed by atoms with Crippen LogP contribution in [0.3, 0.4) is 0 Å². The van der Waals surface area contributed by atoms with Crippen molar-refractivity contribution in [2.24, 2.45) is 0 Å². The summed E-state index contributed by atoms with van der Waals surface area (Å²) in [6, 6.07) is 14.4. The maximum Gasteiger partial charge on any atom is 0.363 e. The zero-order valence-corrected chi connectivity index (χ0v) is 16.2. The lowest BCUT2D eigenvalue weighted by Crippen LogP contribution is -2.00. The van der Waals surface area contributed by atoms with E-state index < -0.39 is 4.92 Å². The van der Waals surface area contributed by atoms with Crippen molar-refractivity contribution in [3.05, 3.63) is 75.6 Å². The summed E-state index contributed by atoms with van der Waals surface area (Å²) < 4.78 is 5.68. The minimum Gasteiger partial charge on any atom is -0.434 e. The number of hydrogen-bond acceptors (Lipinski definition) is 6. The largest absolute Gasteiger partial charge is 0.434 e. The molecule has 0 saturated carbocycles. The van der Waals surface area contributed by atoms with Crippen LogP contribution in [0.1, 0.15) is 25.3 Å². The highest BCUT2D eigenvalue weighted by molar-refractivity contribution is 7.99. The Bertz CT molecular complexity index is 947. The Morgan fingerprint density at radius 3 is 2.33 bits per heavy atom. The van der Waals surface area contributed by atoms with Crippen molar-refractivity contribution in [1.29, 1.82) is 0 Å². The third-order valence-electron chi connectivity index (χ3n) is 3.73. The standard InChI is InChI=1S/C19H16ClN3O3S/c1-12(2)13-3-7-15(8-4-13)26-18-17(23(24)25)19(22-11-21-18)27-16-9-5-14(20)6-10-16/h3-12H,1-2H3. The summed E-state index contributed by atoms with van der Waals surface area (Å²) in [7, 11) is 0. The summed E-state index contributed by atoms with van der Waals surface area (Å²) >= 11 is 7.03. The Labute approximate surface area is 165 Å². The number of halogens is 1. The quantitative estimate of drug-likeness (QED) is 0.282. The van der Waals surface area contributed by atoms with Gasteiger partial charge in [0, 0.05) is 9.92 Å². The summed E-state index contributed by atoms with van der Waals surface area (Å²) in [5.74, 6) is 0.766. The number of benzene rings is 2.